The zero-order chi connectivity index (χ0) is 15.6. The lowest BCUT2D eigenvalue weighted by Crippen LogP contribution is -2.22. The summed E-state index contributed by atoms with van der Waals surface area (Å²) >= 11 is 1.63. The van der Waals surface area contributed by atoms with Gasteiger partial charge in [-0.25, -0.2) is 0 Å². The number of aromatic nitrogens is 2. The van der Waals surface area contributed by atoms with Gasteiger partial charge in [0.1, 0.15) is 0 Å². The van der Waals surface area contributed by atoms with Gasteiger partial charge in [-0.15, -0.1) is 11.3 Å². The van der Waals surface area contributed by atoms with Crippen LogP contribution in [0.15, 0.2) is 46.3 Å². The predicted octanol–water partition coefficient (Wildman–Crippen LogP) is 4.44. The number of benzene rings is 1. The Labute approximate surface area is 139 Å². The van der Waals surface area contributed by atoms with Crippen molar-refractivity contribution in [3.05, 3.63) is 58.8 Å². The van der Waals surface area contributed by atoms with Crippen LogP contribution in [0.25, 0.3) is 10.7 Å². The molecule has 1 atom stereocenters. The van der Waals surface area contributed by atoms with E-state index in [1.54, 1.807) is 11.3 Å². The summed E-state index contributed by atoms with van der Waals surface area (Å²) in [6.07, 6.45) is 2.40. The highest BCUT2D eigenvalue weighted by atomic mass is 32.1. The van der Waals surface area contributed by atoms with Crippen LogP contribution in [0.3, 0.4) is 0 Å². The van der Waals surface area contributed by atoms with E-state index in [1.165, 1.54) is 24.0 Å². The maximum Gasteiger partial charge on any atom is 0.241 e. The Kier molecular flexibility index (Phi) is 3.97. The van der Waals surface area contributed by atoms with Crippen molar-refractivity contribution in [3.63, 3.8) is 0 Å². The van der Waals surface area contributed by atoms with Gasteiger partial charge in [0, 0.05) is 6.04 Å². The average molecular weight is 325 g/mol. The molecule has 1 saturated heterocycles. The van der Waals surface area contributed by atoms with Gasteiger partial charge in [0.15, 0.2) is 0 Å². The summed E-state index contributed by atoms with van der Waals surface area (Å²) in [4.78, 5) is 8.04. The van der Waals surface area contributed by atoms with Gasteiger partial charge in [-0.2, -0.15) is 4.98 Å². The first-order valence-electron chi connectivity index (χ1n) is 7.97. The van der Waals surface area contributed by atoms with Crippen LogP contribution in [0, 0.1) is 6.92 Å². The smallest absolute Gasteiger partial charge is 0.241 e. The summed E-state index contributed by atoms with van der Waals surface area (Å²) in [5.41, 5.74) is 2.68. The lowest BCUT2D eigenvalue weighted by atomic mass is 10.0. The number of rotatable bonds is 4. The largest absolute Gasteiger partial charge is 0.338 e. The van der Waals surface area contributed by atoms with Crippen molar-refractivity contribution in [3.8, 4) is 10.7 Å². The van der Waals surface area contributed by atoms with Gasteiger partial charge < -0.3 is 4.52 Å². The number of aryl methyl sites for hydroxylation is 1. The molecule has 2 aromatic heterocycles. The molecule has 4 nitrogen and oxygen atoms in total. The standard InChI is InChI=1S/C18H19N3OS/c1-13-6-8-14(9-7-13)15-4-2-10-21(15)12-17-19-18(20-22-17)16-5-3-11-23-16/h3,5-9,11,15H,2,4,10,12H2,1H3/t15-/m1/s1. The van der Waals surface area contributed by atoms with E-state index in [0.717, 1.165) is 18.0 Å². The zero-order valence-electron chi connectivity index (χ0n) is 13.1. The minimum absolute atomic E-state index is 0.452. The van der Waals surface area contributed by atoms with Crippen LogP contribution >= 0.6 is 11.3 Å². The van der Waals surface area contributed by atoms with Crippen LogP contribution in [0.2, 0.25) is 0 Å². The van der Waals surface area contributed by atoms with Crippen LogP contribution in [-0.2, 0) is 6.54 Å². The summed E-state index contributed by atoms with van der Waals surface area (Å²) in [5.74, 6) is 1.40. The number of thiophene rings is 1. The van der Waals surface area contributed by atoms with Gasteiger partial charge in [0.25, 0.3) is 0 Å². The SMILES string of the molecule is Cc1ccc([C@H]2CCCN2Cc2nc(-c3cccs3)no2)cc1. The zero-order valence-corrected chi connectivity index (χ0v) is 13.9. The van der Waals surface area contributed by atoms with Crippen LogP contribution in [-0.4, -0.2) is 21.6 Å². The van der Waals surface area contributed by atoms with Gasteiger partial charge in [0.2, 0.25) is 11.7 Å². The fourth-order valence-corrected chi connectivity index (χ4v) is 3.83. The molecular formula is C18H19N3OS. The van der Waals surface area contributed by atoms with Gasteiger partial charge >= 0.3 is 0 Å². The van der Waals surface area contributed by atoms with Crippen LogP contribution in [0.1, 0.15) is 35.9 Å². The molecule has 0 spiro atoms. The second-order valence-electron chi connectivity index (χ2n) is 6.03. The maximum absolute atomic E-state index is 5.46. The Morgan fingerprint density at radius 3 is 2.91 bits per heavy atom. The third-order valence-electron chi connectivity index (χ3n) is 4.37. The van der Waals surface area contributed by atoms with Crippen molar-refractivity contribution in [2.45, 2.75) is 32.4 Å². The maximum atomic E-state index is 5.46. The van der Waals surface area contributed by atoms with E-state index in [0.29, 0.717) is 17.8 Å². The Morgan fingerprint density at radius 1 is 1.26 bits per heavy atom. The first-order chi connectivity index (χ1) is 11.3. The summed E-state index contributed by atoms with van der Waals surface area (Å²) in [6.45, 7) is 3.92. The molecule has 4 rings (SSSR count). The molecule has 0 saturated carbocycles. The third kappa shape index (κ3) is 3.07. The number of hydrogen-bond donors (Lipinski definition) is 0. The molecule has 1 aromatic carbocycles. The molecule has 3 aromatic rings. The highest BCUT2D eigenvalue weighted by Crippen LogP contribution is 2.33. The van der Waals surface area contributed by atoms with Crippen molar-refractivity contribution >= 4 is 11.3 Å². The van der Waals surface area contributed by atoms with Crippen LogP contribution in [0.4, 0.5) is 0 Å². The average Bonchev–Trinajstić information content (AvgIpc) is 3.29. The fraction of sp³-hybridized carbons (Fsp3) is 0.333. The minimum Gasteiger partial charge on any atom is -0.338 e. The van der Waals surface area contributed by atoms with E-state index in [1.807, 2.05) is 17.5 Å². The Bertz CT molecular complexity index is 764. The number of likely N-dealkylation sites (tertiary alicyclic amines) is 1. The van der Waals surface area contributed by atoms with Crippen LogP contribution in [0.5, 0.6) is 0 Å². The Morgan fingerprint density at radius 2 is 2.13 bits per heavy atom. The summed E-state index contributed by atoms with van der Waals surface area (Å²) in [7, 11) is 0. The molecule has 0 amide bonds. The molecule has 3 heterocycles. The van der Waals surface area contributed by atoms with Gasteiger partial charge in [-0.05, 0) is 43.3 Å². The van der Waals surface area contributed by atoms with Crippen molar-refractivity contribution in [1.82, 2.24) is 15.0 Å². The molecule has 1 fully saturated rings. The summed E-state index contributed by atoms with van der Waals surface area (Å²) < 4.78 is 5.46. The Balaban J connectivity index is 1.50. The van der Waals surface area contributed by atoms with E-state index in [9.17, 15) is 0 Å². The first kappa shape index (κ1) is 14.6. The van der Waals surface area contributed by atoms with E-state index in [2.05, 4.69) is 46.2 Å². The van der Waals surface area contributed by atoms with Crippen molar-refractivity contribution in [2.75, 3.05) is 6.54 Å². The number of hydrogen-bond acceptors (Lipinski definition) is 5. The van der Waals surface area contributed by atoms with Gasteiger partial charge in [0.05, 0.1) is 11.4 Å². The summed E-state index contributed by atoms with van der Waals surface area (Å²) in [6, 6.07) is 13.3. The Hall–Kier alpha value is -1.98. The highest BCUT2D eigenvalue weighted by molar-refractivity contribution is 7.13. The molecule has 1 aliphatic rings. The molecule has 0 radical (unpaired) electrons. The molecule has 118 valence electrons. The quantitative estimate of drug-likeness (QED) is 0.711. The molecule has 0 aliphatic carbocycles. The summed E-state index contributed by atoms with van der Waals surface area (Å²) in [5, 5.41) is 6.13. The normalized spacial score (nSPS) is 18.6. The van der Waals surface area contributed by atoms with Crippen LogP contribution < -0.4 is 0 Å². The number of nitrogens with zero attached hydrogens (tertiary/aromatic N) is 3. The van der Waals surface area contributed by atoms with Gasteiger partial charge in [-0.3, -0.25) is 4.90 Å². The van der Waals surface area contributed by atoms with E-state index in [-0.39, 0.29) is 0 Å². The van der Waals surface area contributed by atoms with Gasteiger partial charge in [-0.1, -0.05) is 41.1 Å². The van der Waals surface area contributed by atoms with E-state index >= 15 is 0 Å². The molecule has 5 heteroatoms. The van der Waals surface area contributed by atoms with Crippen molar-refractivity contribution in [2.24, 2.45) is 0 Å². The molecule has 0 N–H and O–H groups in total. The molecule has 23 heavy (non-hydrogen) atoms. The third-order valence-corrected chi connectivity index (χ3v) is 5.24. The highest BCUT2D eigenvalue weighted by Gasteiger charge is 2.27. The van der Waals surface area contributed by atoms with E-state index in [4.69, 9.17) is 4.52 Å². The first-order valence-corrected chi connectivity index (χ1v) is 8.84. The fourth-order valence-electron chi connectivity index (χ4n) is 3.18. The van der Waals surface area contributed by atoms with Crippen molar-refractivity contribution < 1.29 is 4.52 Å². The molecule has 1 aliphatic heterocycles. The lowest BCUT2D eigenvalue weighted by molar-refractivity contribution is 0.212. The second-order valence-corrected chi connectivity index (χ2v) is 6.98. The topological polar surface area (TPSA) is 42.2 Å². The van der Waals surface area contributed by atoms with E-state index < -0.39 is 0 Å². The predicted molar refractivity (Wildman–Crippen MR) is 91.2 cm³/mol. The molecule has 0 unspecified atom stereocenters. The van der Waals surface area contributed by atoms with Crippen molar-refractivity contribution in [1.29, 1.82) is 0 Å². The minimum atomic E-state index is 0.452. The second kappa shape index (κ2) is 6.26. The monoisotopic (exact) mass is 325 g/mol. The molecule has 0 bridgehead atoms. The molecular weight excluding hydrogens is 306 g/mol. The lowest BCUT2D eigenvalue weighted by Gasteiger charge is -2.23.